The van der Waals surface area contributed by atoms with Crippen LogP contribution in [0, 0.1) is 11.8 Å². The molecule has 1 unspecified atom stereocenters. The van der Waals surface area contributed by atoms with E-state index in [0.29, 0.717) is 0 Å². The van der Waals surface area contributed by atoms with E-state index in [-0.39, 0.29) is 6.10 Å². The Morgan fingerprint density at radius 1 is 1.07 bits per heavy atom. The lowest BCUT2D eigenvalue weighted by atomic mass is 10.1. The molecule has 0 saturated carbocycles. The Bertz CT molecular complexity index is 345. The summed E-state index contributed by atoms with van der Waals surface area (Å²) in [6, 6.07) is 9.95. The van der Waals surface area contributed by atoms with Crippen LogP contribution in [0.15, 0.2) is 30.3 Å². The van der Waals surface area contributed by atoms with Gasteiger partial charge in [-0.25, -0.2) is 0 Å². The van der Waals surface area contributed by atoms with Gasteiger partial charge in [-0.1, -0.05) is 36.5 Å². The second-order valence-corrected chi connectivity index (χ2v) is 3.84. The van der Waals surface area contributed by atoms with Gasteiger partial charge in [0.05, 0.1) is 0 Å². The standard InChI is InChI=1S/C14H16O/c1-2-5-9-13(10-6-3-1)15-14-11-7-4-8-12-14/h4,7-8,11-13H,1-3,5,9H2. The summed E-state index contributed by atoms with van der Waals surface area (Å²) in [4.78, 5) is 0. The SMILES string of the molecule is C1#CC(Oc2ccccc2)CCCCC1. The van der Waals surface area contributed by atoms with Crippen molar-refractivity contribution in [3.05, 3.63) is 30.3 Å². The molecule has 78 valence electrons. The Hall–Kier alpha value is -1.42. The maximum atomic E-state index is 5.82. The van der Waals surface area contributed by atoms with Crippen molar-refractivity contribution in [2.75, 3.05) is 0 Å². The third kappa shape index (κ3) is 3.32. The minimum absolute atomic E-state index is 0.0905. The van der Waals surface area contributed by atoms with E-state index in [2.05, 4.69) is 11.8 Å². The number of hydrogen-bond donors (Lipinski definition) is 0. The van der Waals surface area contributed by atoms with Crippen molar-refractivity contribution < 1.29 is 4.74 Å². The fourth-order valence-corrected chi connectivity index (χ4v) is 1.73. The molecule has 1 aliphatic carbocycles. The van der Waals surface area contributed by atoms with Crippen molar-refractivity contribution in [3.63, 3.8) is 0 Å². The molecule has 1 nitrogen and oxygen atoms in total. The van der Waals surface area contributed by atoms with Crippen LogP contribution in [0.4, 0.5) is 0 Å². The highest BCUT2D eigenvalue weighted by Crippen LogP contribution is 2.15. The largest absolute Gasteiger partial charge is 0.478 e. The van der Waals surface area contributed by atoms with Gasteiger partial charge in [-0.3, -0.25) is 0 Å². The Labute approximate surface area is 91.5 Å². The Kier molecular flexibility index (Phi) is 3.68. The number of ether oxygens (including phenoxy) is 1. The molecule has 0 spiro atoms. The molecule has 0 radical (unpaired) electrons. The number of benzene rings is 1. The Morgan fingerprint density at radius 2 is 1.93 bits per heavy atom. The van der Waals surface area contributed by atoms with E-state index in [1.807, 2.05) is 30.3 Å². The average molecular weight is 200 g/mol. The van der Waals surface area contributed by atoms with Crippen LogP contribution >= 0.6 is 0 Å². The van der Waals surface area contributed by atoms with Crippen LogP contribution in [0.3, 0.4) is 0 Å². The monoisotopic (exact) mass is 200 g/mol. The molecule has 2 rings (SSSR count). The van der Waals surface area contributed by atoms with Crippen LogP contribution in [-0.2, 0) is 0 Å². The molecule has 1 aliphatic rings. The maximum Gasteiger partial charge on any atom is 0.159 e. The maximum absolute atomic E-state index is 5.82. The first kappa shape index (κ1) is 10.1. The van der Waals surface area contributed by atoms with Crippen LogP contribution in [0.5, 0.6) is 5.75 Å². The third-order valence-electron chi connectivity index (χ3n) is 2.55. The molecule has 1 aromatic carbocycles. The van der Waals surface area contributed by atoms with E-state index < -0.39 is 0 Å². The highest BCUT2D eigenvalue weighted by Gasteiger charge is 2.07. The van der Waals surface area contributed by atoms with E-state index in [1.54, 1.807) is 0 Å². The lowest BCUT2D eigenvalue weighted by molar-refractivity contribution is 0.241. The topological polar surface area (TPSA) is 9.23 Å². The molecule has 0 aromatic heterocycles. The predicted octanol–water partition coefficient (Wildman–Crippen LogP) is 3.40. The van der Waals surface area contributed by atoms with Crippen molar-refractivity contribution in [1.82, 2.24) is 0 Å². The van der Waals surface area contributed by atoms with Gasteiger partial charge in [0.1, 0.15) is 5.75 Å². The van der Waals surface area contributed by atoms with E-state index in [1.165, 1.54) is 19.3 Å². The minimum atomic E-state index is 0.0905. The normalized spacial score (nSPS) is 20.7. The third-order valence-corrected chi connectivity index (χ3v) is 2.55. The van der Waals surface area contributed by atoms with Crippen molar-refractivity contribution >= 4 is 0 Å². The second-order valence-electron chi connectivity index (χ2n) is 3.84. The van der Waals surface area contributed by atoms with Gasteiger partial charge in [0.2, 0.25) is 0 Å². The first-order valence-corrected chi connectivity index (χ1v) is 5.65. The fraction of sp³-hybridized carbons (Fsp3) is 0.429. The summed E-state index contributed by atoms with van der Waals surface area (Å²) in [6.45, 7) is 0. The molecule has 1 heteroatoms. The number of para-hydroxylation sites is 1. The molecule has 0 fully saturated rings. The summed E-state index contributed by atoms with van der Waals surface area (Å²) in [5, 5.41) is 0. The molecular formula is C14H16O. The van der Waals surface area contributed by atoms with Crippen LogP contribution < -0.4 is 4.74 Å². The number of rotatable bonds is 2. The zero-order valence-electron chi connectivity index (χ0n) is 8.91. The van der Waals surface area contributed by atoms with Crippen LogP contribution in [0.25, 0.3) is 0 Å². The molecule has 15 heavy (non-hydrogen) atoms. The van der Waals surface area contributed by atoms with Gasteiger partial charge >= 0.3 is 0 Å². The van der Waals surface area contributed by atoms with E-state index in [4.69, 9.17) is 4.74 Å². The second kappa shape index (κ2) is 5.46. The molecule has 0 saturated heterocycles. The van der Waals surface area contributed by atoms with Crippen molar-refractivity contribution in [2.45, 2.75) is 38.2 Å². The lowest BCUT2D eigenvalue weighted by Crippen LogP contribution is -2.14. The summed E-state index contributed by atoms with van der Waals surface area (Å²) in [7, 11) is 0. The summed E-state index contributed by atoms with van der Waals surface area (Å²) >= 11 is 0. The van der Waals surface area contributed by atoms with E-state index in [9.17, 15) is 0 Å². The van der Waals surface area contributed by atoms with E-state index >= 15 is 0 Å². The van der Waals surface area contributed by atoms with Crippen molar-refractivity contribution in [2.24, 2.45) is 0 Å². The quantitative estimate of drug-likeness (QED) is 0.665. The molecule has 1 aromatic rings. The molecule has 1 atom stereocenters. The average Bonchev–Trinajstić information content (AvgIpc) is 2.23. The van der Waals surface area contributed by atoms with Gasteiger partial charge in [-0.05, 0) is 31.4 Å². The smallest absolute Gasteiger partial charge is 0.159 e. The molecule has 0 bridgehead atoms. The van der Waals surface area contributed by atoms with E-state index in [0.717, 1.165) is 18.6 Å². The van der Waals surface area contributed by atoms with Crippen LogP contribution in [-0.4, -0.2) is 6.10 Å². The molecule has 0 heterocycles. The minimum Gasteiger partial charge on any atom is -0.478 e. The number of hydrogen-bond acceptors (Lipinski definition) is 1. The predicted molar refractivity (Wildman–Crippen MR) is 61.7 cm³/mol. The first-order chi connectivity index (χ1) is 7.45. The highest BCUT2D eigenvalue weighted by atomic mass is 16.5. The summed E-state index contributed by atoms with van der Waals surface area (Å²) in [6.07, 6.45) is 5.92. The van der Waals surface area contributed by atoms with Gasteiger partial charge in [0.15, 0.2) is 6.10 Å². The molecule has 0 aliphatic heterocycles. The Morgan fingerprint density at radius 3 is 2.80 bits per heavy atom. The lowest BCUT2D eigenvalue weighted by Gasteiger charge is -2.14. The zero-order chi connectivity index (χ0) is 10.3. The fourth-order valence-electron chi connectivity index (χ4n) is 1.73. The van der Waals surface area contributed by atoms with Crippen LogP contribution in [0.1, 0.15) is 32.1 Å². The molecule has 0 N–H and O–H groups in total. The van der Waals surface area contributed by atoms with Crippen LogP contribution in [0.2, 0.25) is 0 Å². The van der Waals surface area contributed by atoms with Gasteiger partial charge in [-0.2, -0.15) is 0 Å². The first-order valence-electron chi connectivity index (χ1n) is 5.65. The van der Waals surface area contributed by atoms with Crippen molar-refractivity contribution in [1.29, 1.82) is 0 Å². The van der Waals surface area contributed by atoms with Crippen molar-refractivity contribution in [3.8, 4) is 17.6 Å². The van der Waals surface area contributed by atoms with Gasteiger partial charge in [-0.15, -0.1) is 0 Å². The molecule has 0 amide bonds. The summed E-state index contributed by atoms with van der Waals surface area (Å²) in [5.41, 5.74) is 0. The summed E-state index contributed by atoms with van der Waals surface area (Å²) < 4.78 is 5.82. The Balaban J connectivity index is 1.98. The van der Waals surface area contributed by atoms with Gasteiger partial charge in [0.25, 0.3) is 0 Å². The highest BCUT2D eigenvalue weighted by molar-refractivity contribution is 5.22. The van der Waals surface area contributed by atoms with Gasteiger partial charge < -0.3 is 4.74 Å². The van der Waals surface area contributed by atoms with Gasteiger partial charge in [0, 0.05) is 6.42 Å². The zero-order valence-corrected chi connectivity index (χ0v) is 8.91. The summed E-state index contributed by atoms with van der Waals surface area (Å²) in [5.74, 6) is 7.31. The molecular weight excluding hydrogens is 184 g/mol.